The van der Waals surface area contributed by atoms with Gasteiger partial charge in [0.05, 0.1) is 6.61 Å². The number of aliphatic hydroxyl groups is 1. The lowest BCUT2D eigenvalue weighted by Crippen LogP contribution is -2.04. The molecular weight excluding hydrogens is 212 g/mol. The fraction of sp³-hybridized carbons (Fsp3) is 0.444. The van der Waals surface area contributed by atoms with Gasteiger partial charge in [-0.25, -0.2) is 8.78 Å². The van der Waals surface area contributed by atoms with E-state index in [1.54, 1.807) is 6.92 Å². The maximum Gasteiger partial charge on any atom is 0.280 e. The Morgan fingerprint density at radius 3 is 2.64 bits per heavy atom. The van der Waals surface area contributed by atoms with Crippen molar-refractivity contribution in [3.8, 4) is 0 Å². The van der Waals surface area contributed by atoms with Crippen LogP contribution in [0.4, 0.5) is 8.78 Å². The van der Waals surface area contributed by atoms with E-state index in [0.717, 1.165) is 0 Å². The summed E-state index contributed by atoms with van der Waals surface area (Å²) in [5.74, 6) is 0.204. The zero-order valence-corrected chi connectivity index (χ0v) is 8.35. The minimum absolute atomic E-state index is 0.179. The third kappa shape index (κ3) is 2.01. The molecule has 0 aliphatic heterocycles. The molecule has 1 aromatic rings. The van der Waals surface area contributed by atoms with Crippen LogP contribution in [0.25, 0.3) is 0 Å². The molecule has 0 aromatic carbocycles. The van der Waals surface area contributed by atoms with Crippen LogP contribution < -0.4 is 0 Å². The minimum atomic E-state index is -2.67. The summed E-state index contributed by atoms with van der Waals surface area (Å²) in [6, 6.07) is 0. The molecule has 2 nitrogen and oxygen atoms in total. The molecule has 0 saturated heterocycles. The summed E-state index contributed by atoms with van der Waals surface area (Å²) in [5, 5.41) is 8.95. The highest BCUT2D eigenvalue weighted by atomic mass is 35.5. The van der Waals surface area contributed by atoms with E-state index in [-0.39, 0.29) is 17.1 Å². The molecule has 1 rings (SSSR count). The van der Waals surface area contributed by atoms with Crippen molar-refractivity contribution in [2.45, 2.75) is 25.8 Å². The van der Waals surface area contributed by atoms with Crippen molar-refractivity contribution in [1.29, 1.82) is 0 Å². The quantitative estimate of drug-likeness (QED) is 0.796. The van der Waals surface area contributed by atoms with Crippen LogP contribution >= 0.6 is 11.6 Å². The van der Waals surface area contributed by atoms with Gasteiger partial charge < -0.3 is 5.11 Å². The Morgan fingerprint density at radius 1 is 1.57 bits per heavy atom. The van der Waals surface area contributed by atoms with Crippen molar-refractivity contribution in [3.05, 3.63) is 28.6 Å². The van der Waals surface area contributed by atoms with Crippen LogP contribution in [0.5, 0.6) is 0 Å². The number of aromatic nitrogens is 1. The molecule has 78 valence electrons. The highest BCUT2D eigenvalue weighted by molar-refractivity contribution is 6.17. The molecule has 1 N–H and O–H groups in total. The van der Waals surface area contributed by atoms with Gasteiger partial charge in [0.25, 0.3) is 6.43 Å². The molecule has 0 radical (unpaired) electrons. The number of halogens is 3. The van der Waals surface area contributed by atoms with E-state index >= 15 is 0 Å². The first-order valence-electron chi connectivity index (χ1n) is 4.04. The number of alkyl halides is 3. The number of hydrogen-bond acceptors (Lipinski definition) is 2. The van der Waals surface area contributed by atoms with Crippen molar-refractivity contribution in [1.82, 2.24) is 4.98 Å². The fourth-order valence-corrected chi connectivity index (χ4v) is 1.50. The Morgan fingerprint density at radius 2 is 2.21 bits per heavy atom. The average molecular weight is 222 g/mol. The Labute approximate surface area is 85.5 Å². The average Bonchev–Trinajstić information content (AvgIpc) is 2.17. The van der Waals surface area contributed by atoms with Crippen LogP contribution in [0.2, 0.25) is 0 Å². The van der Waals surface area contributed by atoms with Crippen LogP contribution in [-0.4, -0.2) is 10.1 Å². The number of nitrogens with zero attached hydrogens (tertiary/aromatic N) is 1. The molecule has 0 unspecified atom stereocenters. The third-order valence-electron chi connectivity index (χ3n) is 2.11. The van der Waals surface area contributed by atoms with Crippen LogP contribution in [0.15, 0.2) is 6.20 Å². The zero-order valence-electron chi connectivity index (χ0n) is 7.60. The predicted molar refractivity (Wildman–Crippen MR) is 49.4 cm³/mol. The molecule has 5 heteroatoms. The summed E-state index contributed by atoms with van der Waals surface area (Å²) in [6.07, 6.45) is -1.34. The summed E-state index contributed by atoms with van der Waals surface area (Å²) < 4.78 is 24.8. The van der Waals surface area contributed by atoms with Gasteiger partial charge in [-0.1, -0.05) is 0 Å². The predicted octanol–water partition coefficient (Wildman–Crippen LogP) is 2.56. The van der Waals surface area contributed by atoms with Gasteiger partial charge in [0, 0.05) is 17.6 Å². The monoisotopic (exact) mass is 221 g/mol. The molecule has 0 saturated carbocycles. The fourth-order valence-electron chi connectivity index (χ4n) is 1.23. The molecule has 0 bridgehead atoms. The van der Waals surface area contributed by atoms with E-state index in [0.29, 0.717) is 11.1 Å². The third-order valence-corrected chi connectivity index (χ3v) is 2.40. The molecule has 0 atom stereocenters. The van der Waals surface area contributed by atoms with E-state index in [4.69, 9.17) is 16.7 Å². The lowest BCUT2D eigenvalue weighted by Gasteiger charge is -2.11. The first kappa shape index (κ1) is 11.3. The van der Waals surface area contributed by atoms with Crippen molar-refractivity contribution in [3.63, 3.8) is 0 Å². The lowest BCUT2D eigenvalue weighted by molar-refractivity contribution is 0.141. The van der Waals surface area contributed by atoms with Gasteiger partial charge in [-0.15, -0.1) is 11.6 Å². The van der Waals surface area contributed by atoms with Gasteiger partial charge in [-0.2, -0.15) is 0 Å². The van der Waals surface area contributed by atoms with Crippen molar-refractivity contribution in [2.75, 3.05) is 0 Å². The Bertz CT molecular complexity index is 331. The molecule has 14 heavy (non-hydrogen) atoms. The highest BCUT2D eigenvalue weighted by Crippen LogP contribution is 2.25. The van der Waals surface area contributed by atoms with Crippen molar-refractivity contribution < 1.29 is 13.9 Å². The molecule has 0 spiro atoms. The van der Waals surface area contributed by atoms with E-state index in [2.05, 4.69) is 4.98 Å². The largest absolute Gasteiger partial charge is 0.392 e. The van der Waals surface area contributed by atoms with Gasteiger partial charge in [0.1, 0.15) is 5.69 Å². The molecule has 0 aliphatic rings. The molecule has 0 aliphatic carbocycles. The van der Waals surface area contributed by atoms with Crippen LogP contribution in [0, 0.1) is 6.92 Å². The maximum absolute atomic E-state index is 12.4. The molecule has 1 aromatic heterocycles. The van der Waals surface area contributed by atoms with Gasteiger partial charge in [0.15, 0.2) is 0 Å². The van der Waals surface area contributed by atoms with Crippen LogP contribution in [-0.2, 0) is 12.5 Å². The summed E-state index contributed by atoms with van der Waals surface area (Å²) in [6.45, 7) is 1.21. The van der Waals surface area contributed by atoms with Crippen LogP contribution in [0.1, 0.15) is 28.8 Å². The lowest BCUT2D eigenvalue weighted by atomic mass is 10.0. The van der Waals surface area contributed by atoms with E-state index in [1.165, 1.54) is 6.20 Å². The maximum atomic E-state index is 12.4. The molecular formula is C9H10ClF2NO. The SMILES string of the molecule is Cc1c(CCl)cnc(C(F)F)c1CO. The van der Waals surface area contributed by atoms with Crippen molar-refractivity contribution in [2.24, 2.45) is 0 Å². The Balaban J connectivity index is 3.28. The summed E-state index contributed by atoms with van der Waals surface area (Å²) >= 11 is 5.58. The van der Waals surface area contributed by atoms with E-state index in [9.17, 15) is 8.78 Å². The van der Waals surface area contributed by atoms with Gasteiger partial charge >= 0.3 is 0 Å². The second-order valence-corrected chi connectivity index (χ2v) is 3.13. The number of aliphatic hydroxyl groups excluding tert-OH is 1. The first-order chi connectivity index (χ1) is 6.61. The summed E-state index contributed by atoms with van der Waals surface area (Å²) in [4.78, 5) is 3.59. The van der Waals surface area contributed by atoms with Gasteiger partial charge in [-0.3, -0.25) is 4.98 Å². The second-order valence-electron chi connectivity index (χ2n) is 2.86. The van der Waals surface area contributed by atoms with Crippen LogP contribution in [0.3, 0.4) is 0 Å². The Kier molecular flexibility index (Phi) is 3.77. The van der Waals surface area contributed by atoms with E-state index < -0.39 is 13.0 Å². The van der Waals surface area contributed by atoms with Crippen molar-refractivity contribution >= 4 is 11.6 Å². The molecule has 0 amide bonds. The topological polar surface area (TPSA) is 33.1 Å². The molecule has 0 fully saturated rings. The highest BCUT2D eigenvalue weighted by Gasteiger charge is 2.17. The summed E-state index contributed by atoms with van der Waals surface area (Å²) in [7, 11) is 0. The number of pyridine rings is 1. The minimum Gasteiger partial charge on any atom is -0.392 e. The number of hydrogen-bond donors (Lipinski definition) is 1. The standard InChI is InChI=1S/C9H10ClF2NO/c1-5-6(2-10)3-13-8(9(11)12)7(5)4-14/h3,9,14H,2,4H2,1H3. The first-order valence-corrected chi connectivity index (χ1v) is 4.57. The smallest absolute Gasteiger partial charge is 0.280 e. The summed E-state index contributed by atoms with van der Waals surface area (Å²) in [5.41, 5.74) is 1.07. The Hall–Kier alpha value is -0.740. The van der Waals surface area contributed by atoms with Gasteiger partial charge in [-0.05, 0) is 18.1 Å². The number of rotatable bonds is 3. The van der Waals surface area contributed by atoms with E-state index in [1.807, 2.05) is 0 Å². The second kappa shape index (κ2) is 4.66. The zero-order chi connectivity index (χ0) is 10.7. The van der Waals surface area contributed by atoms with Gasteiger partial charge in [0.2, 0.25) is 0 Å². The molecule has 1 heterocycles. The normalized spacial score (nSPS) is 11.0.